The minimum atomic E-state index is -0.275. The van der Waals surface area contributed by atoms with E-state index in [0.29, 0.717) is 12.5 Å². The minimum absolute atomic E-state index is 0.148. The van der Waals surface area contributed by atoms with Crippen molar-refractivity contribution in [3.8, 4) is 11.8 Å². The zero-order valence-corrected chi connectivity index (χ0v) is 14.5. The van der Waals surface area contributed by atoms with E-state index >= 15 is 0 Å². The SMILES string of the molecule is CCCOc1ccc(/C=C(\C#N)C(=O)N[C@H]2CCCC[C@H]2C)cc1. The van der Waals surface area contributed by atoms with E-state index in [0.717, 1.165) is 37.0 Å². The largest absolute Gasteiger partial charge is 0.494 e. The Kier molecular flexibility index (Phi) is 6.87. The first-order valence-corrected chi connectivity index (χ1v) is 8.79. The Morgan fingerprint density at radius 1 is 1.33 bits per heavy atom. The van der Waals surface area contributed by atoms with Crippen molar-refractivity contribution in [3.63, 3.8) is 0 Å². The van der Waals surface area contributed by atoms with E-state index in [2.05, 4.69) is 19.2 Å². The van der Waals surface area contributed by atoms with Gasteiger partial charge in [-0.3, -0.25) is 4.79 Å². The van der Waals surface area contributed by atoms with Gasteiger partial charge in [-0.15, -0.1) is 0 Å². The molecule has 0 spiro atoms. The molecule has 4 heteroatoms. The van der Waals surface area contributed by atoms with Gasteiger partial charge in [0.15, 0.2) is 0 Å². The second-order valence-corrected chi connectivity index (χ2v) is 6.43. The fraction of sp³-hybridized carbons (Fsp3) is 0.500. The van der Waals surface area contributed by atoms with Crippen molar-refractivity contribution < 1.29 is 9.53 Å². The van der Waals surface area contributed by atoms with Gasteiger partial charge in [0.05, 0.1) is 6.61 Å². The third-order valence-corrected chi connectivity index (χ3v) is 4.46. The molecular formula is C20H26N2O2. The van der Waals surface area contributed by atoms with Crippen LogP contribution in [0.15, 0.2) is 29.8 Å². The van der Waals surface area contributed by atoms with E-state index in [-0.39, 0.29) is 17.5 Å². The molecule has 1 aliphatic carbocycles. The zero-order valence-electron chi connectivity index (χ0n) is 14.5. The molecular weight excluding hydrogens is 300 g/mol. The van der Waals surface area contributed by atoms with Crippen LogP contribution in [-0.4, -0.2) is 18.6 Å². The van der Waals surface area contributed by atoms with E-state index in [1.54, 1.807) is 6.08 Å². The number of ether oxygens (including phenoxy) is 1. The van der Waals surface area contributed by atoms with E-state index in [1.807, 2.05) is 30.3 Å². The maximum Gasteiger partial charge on any atom is 0.262 e. The molecule has 1 aliphatic rings. The number of carbonyl (C=O) groups excluding carboxylic acids is 1. The van der Waals surface area contributed by atoms with Gasteiger partial charge >= 0.3 is 0 Å². The van der Waals surface area contributed by atoms with E-state index in [1.165, 1.54) is 6.42 Å². The number of nitrogens with zero attached hydrogens (tertiary/aromatic N) is 1. The van der Waals surface area contributed by atoms with Gasteiger partial charge in [0.2, 0.25) is 0 Å². The first-order valence-electron chi connectivity index (χ1n) is 8.79. The van der Waals surface area contributed by atoms with E-state index < -0.39 is 0 Å². The summed E-state index contributed by atoms with van der Waals surface area (Å²) in [6.07, 6.45) is 7.08. The fourth-order valence-electron chi connectivity index (χ4n) is 2.97. The summed E-state index contributed by atoms with van der Waals surface area (Å²) in [4.78, 5) is 12.4. The van der Waals surface area contributed by atoms with Crippen LogP contribution >= 0.6 is 0 Å². The van der Waals surface area contributed by atoms with Crippen LogP contribution in [0.4, 0.5) is 0 Å². The molecule has 24 heavy (non-hydrogen) atoms. The van der Waals surface area contributed by atoms with Gasteiger partial charge < -0.3 is 10.1 Å². The number of rotatable bonds is 6. The topological polar surface area (TPSA) is 62.1 Å². The standard InChI is InChI=1S/C20H26N2O2/c1-3-12-24-18-10-8-16(9-11-18)13-17(14-21)20(23)22-19-7-5-4-6-15(19)2/h8-11,13,15,19H,3-7,12H2,1-2H3,(H,22,23)/b17-13+/t15-,19+/m1/s1. The van der Waals surface area contributed by atoms with Crippen molar-refractivity contribution in [2.45, 2.75) is 52.0 Å². The van der Waals surface area contributed by atoms with Gasteiger partial charge in [0.1, 0.15) is 17.4 Å². The van der Waals surface area contributed by atoms with Gasteiger partial charge in [0, 0.05) is 6.04 Å². The van der Waals surface area contributed by atoms with Gasteiger partial charge in [-0.25, -0.2) is 0 Å². The van der Waals surface area contributed by atoms with Gasteiger partial charge in [-0.2, -0.15) is 5.26 Å². The highest BCUT2D eigenvalue weighted by Crippen LogP contribution is 2.24. The molecule has 0 aliphatic heterocycles. The Morgan fingerprint density at radius 3 is 2.67 bits per heavy atom. The highest BCUT2D eigenvalue weighted by Gasteiger charge is 2.23. The van der Waals surface area contributed by atoms with Crippen LogP contribution in [0.1, 0.15) is 51.5 Å². The molecule has 2 atom stereocenters. The number of nitrogens with one attached hydrogen (secondary N) is 1. The summed E-state index contributed by atoms with van der Waals surface area (Å²) in [6.45, 7) is 4.90. The second kappa shape index (κ2) is 9.12. The number of hydrogen-bond acceptors (Lipinski definition) is 3. The lowest BCUT2D eigenvalue weighted by molar-refractivity contribution is -0.118. The summed E-state index contributed by atoms with van der Waals surface area (Å²) in [7, 11) is 0. The summed E-state index contributed by atoms with van der Waals surface area (Å²) < 4.78 is 5.54. The normalized spacial score (nSPS) is 21.0. The Morgan fingerprint density at radius 2 is 2.04 bits per heavy atom. The molecule has 2 rings (SSSR count). The summed E-state index contributed by atoms with van der Waals surface area (Å²) in [5, 5.41) is 12.3. The maximum absolute atomic E-state index is 12.4. The molecule has 1 aromatic carbocycles. The van der Waals surface area contributed by atoms with Crippen molar-refractivity contribution in [2.24, 2.45) is 5.92 Å². The molecule has 0 bridgehead atoms. The molecule has 1 aromatic rings. The molecule has 0 saturated heterocycles. The maximum atomic E-state index is 12.4. The number of amides is 1. The summed E-state index contributed by atoms with van der Waals surface area (Å²) in [5.41, 5.74) is 0.970. The molecule has 1 fully saturated rings. The zero-order chi connectivity index (χ0) is 17.4. The number of nitriles is 1. The molecule has 4 nitrogen and oxygen atoms in total. The van der Waals surface area contributed by atoms with Crippen molar-refractivity contribution in [3.05, 3.63) is 35.4 Å². The predicted octanol–water partition coefficient (Wildman–Crippen LogP) is 4.08. The first kappa shape index (κ1) is 18.1. The predicted molar refractivity (Wildman–Crippen MR) is 95.4 cm³/mol. The molecule has 1 amide bonds. The Balaban J connectivity index is 2.02. The van der Waals surface area contributed by atoms with E-state index in [9.17, 15) is 10.1 Å². The highest BCUT2D eigenvalue weighted by atomic mass is 16.5. The minimum Gasteiger partial charge on any atom is -0.494 e. The quantitative estimate of drug-likeness (QED) is 0.633. The van der Waals surface area contributed by atoms with Crippen LogP contribution in [0, 0.1) is 17.2 Å². The molecule has 128 valence electrons. The lowest BCUT2D eigenvalue weighted by Crippen LogP contribution is -2.41. The third-order valence-electron chi connectivity index (χ3n) is 4.46. The van der Waals surface area contributed by atoms with Crippen molar-refractivity contribution in [1.82, 2.24) is 5.32 Å². The van der Waals surface area contributed by atoms with Crippen LogP contribution in [-0.2, 0) is 4.79 Å². The lowest BCUT2D eigenvalue weighted by Gasteiger charge is -2.29. The van der Waals surface area contributed by atoms with Crippen LogP contribution in [0.2, 0.25) is 0 Å². The van der Waals surface area contributed by atoms with Crippen LogP contribution in [0.3, 0.4) is 0 Å². The fourth-order valence-corrected chi connectivity index (χ4v) is 2.97. The van der Waals surface area contributed by atoms with Gasteiger partial charge in [-0.05, 0) is 49.0 Å². The molecule has 1 N–H and O–H groups in total. The molecule has 0 radical (unpaired) electrons. The van der Waals surface area contributed by atoms with Crippen molar-refractivity contribution >= 4 is 12.0 Å². The smallest absolute Gasteiger partial charge is 0.262 e. The van der Waals surface area contributed by atoms with Crippen molar-refractivity contribution in [1.29, 1.82) is 5.26 Å². The molecule has 0 aromatic heterocycles. The Hall–Kier alpha value is -2.28. The third kappa shape index (κ3) is 5.13. The van der Waals surface area contributed by atoms with Crippen LogP contribution < -0.4 is 10.1 Å². The van der Waals surface area contributed by atoms with Crippen LogP contribution in [0.25, 0.3) is 6.08 Å². The summed E-state index contributed by atoms with van der Waals surface area (Å²) in [5.74, 6) is 0.994. The number of hydrogen-bond donors (Lipinski definition) is 1. The average molecular weight is 326 g/mol. The number of benzene rings is 1. The Bertz CT molecular complexity index is 614. The lowest BCUT2D eigenvalue weighted by atomic mass is 9.86. The van der Waals surface area contributed by atoms with Gasteiger partial charge in [-0.1, -0.05) is 38.8 Å². The highest BCUT2D eigenvalue weighted by molar-refractivity contribution is 6.01. The molecule has 0 heterocycles. The number of carbonyl (C=O) groups is 1. The average Bonchev–Trinajstić information content (AvgIpc) is 2.60. The van der Waals surface area contributed by atoms with Crippen LogP contribution in [0.5, 0.6) is 5.75 Å². The summed E-state index contributed by atoms with van der Waals surface area (Å²) in [6, 6.07) is 9.63. The molecule has 1 saturated carbocycles. The van der Waals surface area contributed by atoms with Crippen molar-refractivity contribution in [2.75, 3.05) is 6.61 Å². The Labute approximate surface area is 144 Å². The summed E-state index contributed by atoms with van der Waals surface area (Å²) >= 11 is 0. The van der Waals surface area contributed by atoms with Gasteiger partial charge in [0.25, 0.3) is 5.91 Å². The molecule has 0 unspecified atom stereocenters. The second-order valence-electron chi connectivity index (χ2n) is 6.43. The van der Waals surface area contributed by atoms with E-state index in [4.69, 9.17) is 4.74 Å². The first-order chi connectivity index (χ1) is 11.6. The monoisotopic (exact) mass is 326 g/mol.